The van der Waals surface area contributed by atoms with Crippen molar-refractivity contribution < 1.29 is 17.8 Å². The summed E-state index contributed by atoms with van der Waals surface area (Å²) in [7, 11) is -3.43. The van der Waals surface area contributed by atoms with Crippen molar-refractivity contribution in [3.05, 3.63) is 54.4 Å². The van der Waals surface area contributed by atoms with Crippen LogP contribution in [-0.2, 0) is 21.2 Å². The first-order valence-corrected chi connectivity index (χ1v) is 10.8. The molecule has 0 spiro atoms. The molecule has 0 saturated carbocycles. The van der Waals surface area contributed by atoms with Crippen molar-refractivity contribution in [2.45, 2.75) is 44.0 Å². The number of amides is 1. The lowest BCUT2D eigenvalue weighted by Crippen LogP contribution is -2.44. The second-order valence-electron chi connectivity index (χ2n) is 6.81. The number of carbonyl (C=O) groups is 1. The van der Waals surface area contributed by atoms with Crippen molar-refractivity contribution in [2.75, 3.05) is 18.4 Å². The molecular weight excluding hydrogens is 362 g/mol. The summed E-state index contributed by atoms with van der Waals surface area (Å²) in [5, 5.41) is 2.85. The summed E-state index contributed by atoms with van der Waals surface area (Å²) in [5.74, 6) is -0.153. The third-order valence-corrected chi connectivity index (χ3v) is 6.89. The Morgan fingerprint density at radius 1 is 1.11 bits per heavy atom. The minimum Gasteiger partial charge on any atom is -0.320 e. The molecule has 3 rings (SSSR count). The quantitative estimate of drug-likeness (QED) is 0.773. The summed E-state index contributed by atoms with van der Waals surface area (Å²) >= 11 is 0. The van der Waals surface area contributed by atoms with Gasteiger partial charge < -0.3 is 5.32 Å². The van der Waals surface area contributed by atoms with Gasteiger partial charge in [-0.15, -0.1) is 0 Å². The summed E-state index contributed by atoms with van der Waals surface area (Å²) in [6, 6.07) is 10.0. The van der Waals surface area contributed by atoms with E-state index in [9.17, 15) is 13.2 Å². The molecule has 0 unspecified atom stereocenters. The van der Waals surface area contributed by atoms with Gasteiger partial charge in [0.25, 0.3) is 5.91 Å². The first-order chi connectivity index (χ1) is 12.9. The predicted octanol–water partition coefficient (Wildman–Crippen LogP) is 2.52. The van der Waals surface area contributed by atoms with Crippen molar-refractivity contribution in [3.8, 4) is 0 Å². The van der Waals surface area contributed by atoms with Crippen LogP contribution in [0, 0.1) is 0 Å². The van der Waals surface area contributed by atoms with E-state index in [0.717, 1.165) is 19.3 Å². The fourth-order valence-electron chi connectivity index (χ4n) is 3.13. The molecule has 0 radical (unpaired) electrons. The number of benzene rings is 1. The minimum atomic E-state index is -3.43. The van der Waals surface area contributed by atoms with Crippen LogP contribution in [0.15, 0.2) is 53.7 Å². The number of hydrogen-bond acceptors (Lipinski definition) is 3. The van der Waals surface area contributed by atoms with E-state index in [2.05, 4.69) is 12.2 Å². The number of nitrogens with one attached hydrogen (secondary N) is 1. The normalized spacial score (nSPS) is 16.2. The van der Waals surface area contributed by atoms with Crippen LogP contribution in [0.3, 0.4) is 0 Å². The molecule has 6 nitrogen and oxygen atoms in total. The van der Waals surface area contributed by atoms with Gasteiger partial charge in [0.2, 0.25) is 16.1 Å². The van der Waals surface area contributed by atoms with Crippen molar-refractivity contribution >= 4 is 21.6 Å². The molecule has 2 heterocycles. The molecule has 2 aromatic rings. The van der Waals surface area contributed by atoms with Gasteiger partial charge in [-0.25, -0.2) is 8.42 Å². The zero-order chi connectivity index (χ0) is 19.4. The summed E-state index contributed by atoms with van der Waals surface area (Å²) in [4.78, 5) is 12.8. The zero-order valence-electron chi connectivity index (χ0n) is 15.8. The van der Waals surface area contributed by atoms with Gasteiger partial charge in [-0.2, -0.15) is 8.87 Å². The van der Waals surface area contributed by atoms with Crippen LogP contribution in [0.2, 0.25) is 0 Å². The number of aromatic nitrogens is 1. The van der Waals surface area contributed by atoms with Crippen LogP contribution in [0.25, 0.3) is 0 Å². The van der Waals surface area contributed by atoms with Gasteiger partial charge in [0.15, 0.2) is 12.4 Å². The van der Waals surface area contributed by atoms with Gasteiger partial charge in [-0.1, -0.05) is 6.92 Å². The average molecular weight is 389 g/mol. The van der Waals surface area contributed by atoms with Crippen molar-refractivity contribution in [1.82, 2.24) is 4.31 Å². The number of pyridine rings is 1. The van der Waals surface area contributed by atoms with Crippen LogP contribution in [0.5, 0.6) is 0 Å². The van der Waals surface area contributed by atoms with E-state index in [4.69, 9.17) is 0 Å². The fraction of sp³-hybridized carbons (Fsp3) is 0.400. The minimum absolute atomic E-state index is 0.153. The Kier molecular flexibility index (Phi) is 5.92. The molecule has 0 bridgehead atoms. The van der Waals surface area contributed by atoms with Gasteiger partial charge in [0.1, 0.15) is 0 Å². The van der Waals surface area contributed by atoms with E-state index in [1.165, 1.54) is 9.87 Å². The topological polar surface area (TPSA) is 70.4 Å². The van der Waals surface area contributed by atoms with Gasteiger partial charge in [0.05, 0.1) is 4.90 Å². The predicted molar refractivity (Wildman–Crippen MR) is 104 cm³/mol. The standard InChI is InChI=1S/C20H25N3O3S/c1-3-17-10-14-22(15-11-17)16(2)20(24)21-18-6-8-19(9-7-18)27(25,26)23-12-4-5-13-23/h6-11,14-16H,3-5,12-13H2,1-2H3/p+1/t16-/m0/s1. The van der Waals surface area contributed by atoms with Gasteiger partial charge in [-0.05, 0) is 49.1 Å². The highest BCUT2D eigenvalue weighted by molar-refractivity contribution is 7.89. The smallest absolute Gasteiger partial charge is 0.293 e. The third kappa shape index (κ3) is 4.36. The molecule has 1 aromatic carbocycles. The van der Waals surface area contributed by atoms with E-state index < -0.39 is 10.0 Å². The Hall–Kier alpha value is -2.25. The number of hydrogen-bond donors (Lipinski definition) is 1. The number of nitrogens with zero attached hydrogens (tertiary/aromatic N) is 2. The van der Waals surface area contributed by atoms with Crippen LogP contribution in [0.1, 0.15) is 38.3 Å². The molecule has 7 heteroatoms. The van der Waals surface area contributed by atoms with Crippen molar-refractivity contribution in [1.29, 1.82) is 0 Å². The lowest BCUT2D eigenvalue weighted by atomic mass is 10.2. The second-order valence-corrected chi connectivity index (χ2v) is 8.75. The summed E-state index contributed by atoms with van der Waals surface area (Å²) in [5.41, 5.74) is 1.80. The first-order valence-electron chi connectivity index (χ1n) is 9.32. The van der Waals surface area contributed by atoms with Crippen LogP contribution in [-0.4, -0.2) is 31.7 Å². The summed E-state index contributed by atoms with van der Waals surface area (Å²) < 4.78 is 28.5. The van der Waals surface area contributed by atoms with Gasteiger partial charge >= 0.3 is 0 Å². The molecule has 1 saturated heterocycles. The molecule has 1 aliphatic heterocycles. The van der Waals surface area contributed by atoms with Crippen molar-refractivity contribution in [3.63, 3.8) is 0 Å². The highest BCUT2D eigenvalue weighted by Crippen LogP contribution is 2.22. The molecule has 1 atom stereocenters. The Morgan fingerprint density at radius 3 is 2.26 bits per heavy atom. The van der Waals surface area contributed by atoms with Crippen LogP contribution < -0.4 is 9.88 Å². The van der Waals surface area contributed by atoms with Crippen LogP contribution >= 0.6 is 0 Å². The Bertz CT molecular complexity index is 887. The molecule has 27 heavy (non-hydrogen) atoms. The molecule has 1 amide bonds. The van der Waals surface area contributed by atoms with E-state index in [0.29, 0.717) is 18.8 Å². The van der Waals surface area contributed by atoms with Gasteiger partial charge in [0, 0.05) is 37.8 Å². The number of sulfonamides is 1. The molecule has 1 fully saturated rings. The summed E-state index contributed by atoms with van der Waals surface area (Å²) in [6.07, 6.45) is 6.56. The lowest BCUT2D eigenvalue weighted by Gasteiger charge is -2.16. The Morgan fingerprint density at radius 2 is 1.70 bits per heavy atom. The van der Waals surface area contributed by atoms with E-state index in [1.54, 1.807) is 24.3 Å². The number of carbonyl (C=O) groups excluding carboxylic acids is 1. The largest absolute Gasteiger partial charge is 0.320 e. The monoisotopic (exact) mass is 388 g/mol. The van der Waals surface area contributed by atoms with Gasteiger partial charge in [-0.3, -0.25) is 4.79 Å². The SMILES string of the molecule is CCc1cc[n+]([C@@H](C)C(=O)Nc2ccc(S(=O)(=O)N3CCCC3)cc2)cc1. The fourth-order valence-corrected chi connectivity index (χ4v) is 4.65. The summed E-state index contributed by atoms with van der Waals surface area (Å²) in [6.45, 7) is 5.06. The van der Waals surface area contributed by atoms with Crippen LogP contribution in [0.4, 0.5) is 5.69 Å². The number of anilines is 1. The highest BCUT2D eigenvalue weighted by atomic mass is 32.2. The van der Waals surface area contributed by atoms with Crippen molar-refractivity contribution in [2.24, 2.45) is 0 Å². The molecular formula is C20H26N3O3S+. The molecule has 144 valence electrons. The Labute approximate surface area is 160 Å². The maximum atomic E-state index is 12.5. The third-order valence-electron chi connectivity index (χ3n) is 4.98. The average Bonchev–Trinajstić information content (AvgIpc) is 3.23. The molecule has 0 aliphatic carbocycles. The van der Waals surface area contributed by atoms with E-state index in [-0.39, 0.29) is 16.8 Å². The second kappa shape index (κ2) is 8.19. The number of rotatable bonds is 6. The maximum Gasteiger partial charge on any atom is 0.293 e. The highest BCUT2D eigenvalue weighted by Gasteiger charge is 2.27. The maximum absolute atomic E-state index is 12.5. The first kappa shape index (κ1) is 19.5. The number of aryl methyl sites for hydroxylation is 1. The zero-order valence-corrected chi connectivity index (χ0v) is 16.6. The molecule has 1 aliphatic rings. The van der Waals surface area contributed by atoms with E-state index >= 15 is 0 Å². The lowest BCUT2D eigenvalue weighted by molar-refractivity contribution is -0.705. The molecule has 1 aromatic heterocycles. The molecule has 1 N–H and O–H groups in total. The van der Waals surface area contributed by atoms with E-state index in [1.807, 2.05) is 36.0 Å². The Balaban J connectivity index is 1.67.